The second-order valence-corrected chi connectivity index (χ2v) is 10.4. The number of hydrogen-bond acceptors (Lipinski definition) is 7. The highest BCUT2D eigenvalue weighted by Gasteiger charge is 2.42. The number of nitrogens with one attached hydrogen (secondary N) is 2. The second-order valence-electron chi connectivity index (χ2n) is 7.96. The summed E-state index contributed by atoms with van der Waals surface area (Å²) >= 11 is 8.67. The Kier molecular flexibility index (Phi) is 7.17. The number of carbonyl (C=O) groups excluding carboxylic acids is 3. The number of anilines is 1. The molecule has 2 aliphatic rings. The van der Waals surface area contributed by atoms with E-state index in [1.54, 1.807) is 35.6 Å². The number of rotatable bonds is 7. The van der Waals surface area contributed by atoms with Gasteiger partial charge in [-0.2, -0.15) is 0 Å². The molecule has 2 aromatic carbocycles. The molecule has 3 heterocycles. The van der Waals surface area contributed by atoms with Crippen molar-refractivity contribution in [2.24, 2.45) is 9.98 Å². The molecule has 8 nitrogen and oxygen atoms in total. The van der Waals surface area contributed by atoms with E-state index in [9.17, 15) is 14.4 Å². The van der Waals surface area contributed by atoms with Crippen molar-refractivity contribution in [3.63, 3.8) is 0 Å². The van der Waals surface area contributed by atoms with E-state index in [4.69, 9.17) is 11.6 Å². The first-order valence-corrected chi connectivity index (χ1v) is 13.3. The molecule has 0 aliphatic carbocycles. The molecule has 1 aromatic heterocycles. The lowest BCUT2D eigenvalue weighted by molar-refractivity contribution is -0.128. The van der Waals surface area contributed by atoms with Gasteiger partial charge in [0, 0.05) is 21.2 Å². The molecule has 11 heteroatoms. The predicted octanol–water partition coefficient (Wildman–Crippen LogP) is 4.44. The van der Waals surface area contributed by atoms with Crippen molar-refractivity contribution in [1.82, 2.24) is 10.2 Å². The average Bonchev–Trinajstić information content (AvgIpc) is 3.50. The van der Waals surface area contributed by atoms with Crippen molar-refractivity contribution in [3.05, 3.63) is 81.5 Å². The Labute approximate surface area is 220 Å². The Hall–Kier alpha value is -3.47. The zero-order chi connectivity index (χ0) is 25.1. The highest BCUT2D eigenvalue weighted by Crippen LogP contribution is 2.34. The molecule has 182 valence electrons. The molecule has 0 fully saturated rings. The van der Waals surface area contributed by atoms with Crippen molar-refractivity contribution in [1.29, 1.82) is 0 Å². The number of para-hydroxylation sites is 1. The fraction of sp³-hybridized carbons (Fsp3) is 0.160. The lowest BCUT2D eigenvalue weighted by atomic mass is 10.1. The summed E-state index contributed by atoms with van der Waals surface area (Å²) in [4.78, 5) is 50.1. The van der Waals surface area contributed by atoms with Crippen molar-refractivity contribution >= 4 is 74.8 Å². The number of fused-ring (bicyclic) bond motifs is 3. The van der Waals surface area contributed by atoms with Crippen LogP contribution in [0.4, 0.5) is 11.4 Å². The van der Waals surface area contributed by atoms with Crippen LogP contribution in [0.3, 0.4) is 0 Å². The molecule has 3 amide bonds. The van der Waals surface area contributed by atoms with E-state index >= 15 is 0 Å². The van der Waals surface area contributed by atoms with E-state index in [1.807, 2.05) is 41.8 Å². The third kappa shape index (κ3) is 5.35. The first-order chi connectivity index (χ1) is 17.5. The maximum atomic E-state index is 13.3. The number of benzene rings is 2. The van der Waals surface area contributed by atoms with Crippen molar-refractivity contribution < 1.29 is 14.4 Å². The van der Waals surface area contributed by atoms with Crippen molar-refractivity contribution in [2.75, 3.05) is 11.1 Å². The minimum Gasteiger partial charge on any atom is -0.351 e. The van der Waals surface area contributed by atoms with Crippen LogP contribution < -0.4 is 10.6 Å². The molecule has 0 radical (unpaired) electrons. The maximum Gasteiger partial charge on any atom is 0.259 e. The summed E-state index contributed by atoms with van der Waals surface area (Å²) in [6.45, 7) is 0.408. The van der Waals surface area contributed by atoms with Gasteiger partial charge in [0.15, 0.2) is 5.17 Å². The molecule has 0 spiro atoms. The molecule has 1 atom stereocenters. The zero-order valence-corrected chi connectivity index (χ0v) is 21.2. The second kappa shape index (κ2) is 10.7. The number of halogens is 1. The molecule has 2 aliphatic heterocycles. The Morgan fingerprint density at radius 1 is 1.08 bits per heavy atom. The standard InChI is InChI=1S/C25H20ClN5O3S2/c26-15-5-3-6-16(11-15)28-22(33)14-36-25-30-19-9-2-1-8-18(19)23-29-20(24(34)31(23)25)12-21(32)27-13-17-7-4-10-35-17/h1-11,20H,12-14H2,(H,27,32)(H,28,33)/t20-/m1/s1. The Balaban J connectivity index is 1.29. The molecule has 0 saturated heterocycles. The maximum absolute atomic E-state index is 13.3. The minimum atomic E-state index is -0.861. The number of thioether (sulfide) groups is 1. The van der Waals surface area contributed by atoms with Crippen LogP contribution in [0.5, 0.6) is 0 Å². The van der Waals surface area contributed by atoms with Gasteiger partial charge in [0.2, 0.25) is 11.8 Å². The molecule has 0 bridgehead atoms. The van der Waals surface area contributed by atoms with E-state index in [-0.39, 0.29) is 29.9 Å². The first-order valence-electron chi connectivity index (χ1n) is 11.0. The predicted molar refractivity (Wildman–Crippen MR) is 144 cm³/mol. The Morgan fingerprint density at radius 3 is 2.75 bits per heavy atom. The van der Waals surface area contributed by atoms with Crippen LogP contribution >= 0.6 is 34.7 Å². The molecular weight excluding hydrogens is 518 g/mol. The SMILES string of the molecule is O=C(C[C@H]1N=C2c3ccccc3N=C(SCC(=O)Nc3cccc(Cl)c3)N2C1=O)NCc1cccs1. The summed E-state index contributed by atoms with van der Waals surface area (Å²) in [5.41, 5.74) is 1.94. The number of aliphatic imine (C=N–C) groups is 2. The fourth-order valence-electron chi connectivity index (χ4n) is 3.77. The summed E-state index contributed by atoms with van der Waals surface area (Å²) in [6.07, 6.45) is -0.0699. The third-order valence-electron chi connectivity index (χ3n) is 5.41. The van der Waals surface area contributed by atoms with Crippen LogP contribution in [0.2, 0.25) is 5.02 Å². The van der Waals surface area contributed by atoms with Crippen molar-refractivity contribution in [2.45, 2.75) is 19.0 Å². The van der Waals surface area contributed by atoms with Gasteiger partial charge >= 0.3 is 0 Å². The lowest BCUT2D eigenvalue weighted by Gasteiger charge is -2.25. The fourth-order valence-corrected chi connectivity index (χ4v) is 5.41. The quantitative estimate of drug-likeness (QED) is 0.465. The topological polar surface area (TPSA) is 103 Å². The summed E-state index contributed by atoms with van der Waals surface area (Å²) in [7, 11) is 0. The summed E-state index contributed by atoms with van der Waals surface area (Å²) in [5, 5.41) is 8.44. The molecular formula is C25H20ClN5O3S2. The van der Waals surface area contributed by atoms with E-state index in [2.05, 4.69) is 20.6 Å². The summed E-state index contributed by atoms with van der Waals surface area (Å²) in [5.74, 6) is -0.396. The summed E-state index contributed by atoms with van der Waals surface area (Å²) < 4.78 is 0. The number of carbonyl (C=O) groups is 3. The number of thiophene rings is 1. The van der Waals surface area contributed by atoms with Crippen LogP contribution in [0.15, 0.2) is 76.0 Å². The van der Waals surface area contributed by atoms with Gasteiger partial charge in [0.25, 0.3) is 5.91 Å². The van der Waals surface area contributed by atoms with Crippen LogP contribution in [0.1, 0.15) is 16.9 Å². The number of nitrogens with zero attached hydrogens (tertiary/aromatic N) is 3. The van der Waals surface area contributed by atoms with Gasteiger partial charge in [-0.3, -0.25) is 19.4 Å². The highest BCUT2D eigenvalue weighted by atomic mass is 35.5. The van der Waals surface area contributed by atoms with Crippen LogP contribution in [0, 0.1) is 0 Å². The molecule has 3 aromatic rings. The Bertz CT molecular complexity index is 1390. The Morgan fingerprint density at radius 2 is 1.94 bits per heavy atom. The largest absolute Gasteiger partial charge is 0.351 e. The molecule has 5 rings (SSSR count). The van der Waals surface area contributed by atoms with Gasteiger partial charge in [-0.25, -0.2) is 9.89 Å². The number of amidine groups is 2. The number of hydrogen-bond donors (Lipinski definition) is 2. The zero-order valence-electron chi connectivity index (χ0n) is 18.8. The van der Waals surface area contributed by atoms with Crippen LogP contribution in [-0.2, 0) is 20.9 Å². The van der Waals surface area contributed by atoms with Crippen molar-refractivity contribution in [3.8, 4) is 0 Å². The van der Waals surface area contributed by atoms with Gasteiger partial charge in [-0.1, -0.05) is 47.6 Å². The molecule has 0 unspecified atom stereocenters. The van der Waals surface area contributed by atoms with Gasteiger partial charge in [-0.05, 0) is 41.8 Å². The normalized spacial score (nSPS) is 16.1. The minimum absolute atomic E-state index is 0.0243. The highest BCUT2D eigenvalue weighted by molar-refractivity contribution is 8.14. The number of amides is 3. The first kappa shape index (κ1) is 24.2. The smallest absolute Gasteiger partial charge is 0.259 e. The lowest BCUT2D eigenvalue weighted by Crippen LogP contribution is -2.42. The summed E-state index contributed by atoms with van der Waals surface area (Å²) in [6, 6.07) is 17.2. The van der Waals surface area contributed by atoms with E-state index < -0.39 is 6.04 Å². The molecule has 36 heavy (non-hydrogen) atoms. The van der Waals surface area contributed by atoms with Gasteiger partial charge in [-0.15, -0.1) is 11.3 Å². The van der Waals surface area contributed by atoms with E-state index in [0.717, 1.165) is 16.6 Å². The molecule has 2 N–H and O–H groups in total. The van der Waals surface area contributed by atoms with Gasteiger partial charge < -0.3 is 10.6 Å². The van der Waals surface area contributed by atoms with E-state index in [1.165, 1.54) is 4.90 Å². The van der Waals surface area contributed by atoms with Gasteiger partial charge in [0.1, 0.15) is 11.9 Å². The average molecular weight is 538 g/mol. The van der Waals surface area contributed by atoms with Crippen LogP contribution in [0.25, 0.3) is 0 Å². The van der Waals surface area contributed by atoms with Gasteiger partial charge in [0.05, 0.1) is 24.4 Å². The monoisotopic (exact) mass is 537 g/mol. The van der Waals surface area contributed by atoms with Crippen LogP contribution in [-0.4, -0.2) is 45.4 Å². The molecule has 0 saturated carbocycles. The third-order valence-corrected chi connectivity index (χ3v) is 7.46. The van der Waals surface area contributed by atoms with E-state index in [0.29, 0.717) is 39.5 Å².